The highest BCUT2D eigenvalue weighted by Crippen LogP contribution is 2.47. The minimum absolute atomic E-state index is 0.0702. The molecular weight excluding hydrogens is 414 g/mol. The number of halogens is 2. The van der Waals surface area contributed by atoms with Gasteiger partial charge in [-0.25, -0.2) is 4.98 Å². The summed E-state index contributed by atoms with van der Waals surface area (Å²) in [6.45, 7) is 1.49. The number of aliphatic hydroxyl groups excluding tert-OH is 1. The Kier molecular flexibility index (Phi) is 5.90. The number of aromatic nitrogens is 3. The molecule has 0 spiro atoms. The van der Waals surface area contributed by atoms with Crippen molar-refractivity contribution >= 4 is 5.95 Å². The summed E-state index contributed by atoms with van der Waals surface area (Å²) in [7, 11) is 1.64. The van der Waals surface area contributed by atoms with Crippen LogP contribution in [0.15, 0.2) is 42.7 Å². The predicted molar refractivity (Wildman–Crippen MR) is 118 cm³/mol. The molecule has 3 aromatic rings. The Hall–Kier alpha value is -3.00. The number of pyridine rings is 1. The van der Waals surface area contributed by atoms with Gasteiger partial charge in [0.1, 0.15) is 11.4 Å². The molecule has 1 aromatic carbocycles. The lowest BCUT2D eigenvalue weighted by molar-refractivity contribution is 0.0127. The number of nitrogen functional groups attached to an aromatic ring is 1. The molecule has 0 aliphatic heterocycles. The van der Waals surface area contributed by atoms with E-state index in [0.717, 1.165) is 42.3 Å². The quantitative estimate of drug-likeness (QED) is 0.554. The van der Waals surface area contributed by atoms with Crippen LogP contribution in [0.25, 0.3) is 0 Å². The van der Waals surface area contributed by atoms with Gasteiger partial charge >= 0.3 is 0 Å². The summed E-state index contributed by atoms with van der Waals surface area (Å²) >= 11 is 0. The van der Waals surface area contributed by atoms with Crippen LogP contribution in [0.5, 0.6) is 5.75 Å². The second-order valence-corrected chi connectivity index (χ2v) is 8.48. The predicted octanol–water partition coefficient (Wildman–Crippen LogP) is 3.84. The first-order chi connectivity index (χ1) is 15.3. The number of rotatable bonds is 8. The highest BCUT2D eigenvalue weighted by molar-refractivity contribution is 5.51. The van der Waals surface area contributed by atoms with Crippen molar-refractivity contribution in [2.45, 2.75) is 50.5 Å². The summed E-state index contributed by atoms with van der Waals surface area (Å²) in [5, 5.41) is 9.19. The molecular formula is C24H28F2N4O2. The molecule has 1 aliphatic carbocycles. The highest BCUT2D eigenvalue weighted by atomic mass is 19.3. The molecule has 1 atom stereocenters. The lowest BCUT2D eigenvalue weighted by atomic mass is 9.74. The SMILES string of the molecule is COc1ccc2c(c1)CCC2(Cc1ccc(C(C)(F)F)nc1)c1cn(CCCO)c(N)n1. The van der Waals surface area contributed by atoms with Crippen molar-refractivity contribution in [2.75, 3.05) is 19.5 Å². The smallest absolute Gasteiger partial charge is 0.286 e. The van der Waals surface area contributed by atoms with Gasteiger partial charge in [-0.15, -0.1) is 0 Å². The zero-order valence-electron chi connectivity index (χ0n) is 18.3. The van der Waals surface area contributed by atoms with Gasteiger partial charge in [0.05, 0.1) is 12.8 Å². The summed E-state index contributed by atoms with van der Waals surface area (Å²) in [5.41, 5.74) is 9.48. The van der Waals surface area contributed by atoms with E-state index >= 15 is 0 Å². The molecule has 0 saturated carbocycles. The first-order valence-electron chi connectivity index (χ1n) is 10.7. The van der Waals surface area contributed by atoms with Gasteiger partial charge < -0.3 is 20.1 Å². The van der Waals surface area contributed by atoms with Gasteiger partial charge in [-0.3, -0.25) is 4.98 Å². The maximum atomic E-state index is 13.6. The summed E-state index contributed by atoms with van der Waals surface area (Å²) in [6, 6.07) is 9.15. The molecule has 32 heavy (non-hydrogen) atoms. The number of fused-ring (bicyclic) bond motifs is 1. The van der Waals surface area contributed by atoms with Crippen molar-refractivity contribution in [3.63, 3.8) is 0 Å². The van der Waals surface area contributed by atoms with Crippen molar-refractivity contribution in [2.24, 2.45) is 0 Å². The van der Waals surface area contributed by atoms with Crippen molar-refractivity contribution < 1.29 is 18.6 Å². The molecule has 0 radical (unpaired) electrons. The summed E-state index contributed by atoms with van der Waals surface area (Å²) < 4.78 is 34.5. The first-order valence-corrected chi connectivity index (χ1v) is 10.7. The zero-order chi connectivity index (χ0) is 22.9. The number of aliphatic hydroxyl groups is 1. The second-order valence-electron chi connectivity index (χ2n) is 8.48. The minimum atomic E-state index is -2.98. The average molecular weight is 443 g/mol. The molecule has 0 fully saturated rings. The molecule has 170 valence electrons. The van der Waals surface area contributed by atoms with Gasteiger partial charge in [0.15, 0.2) is 5.95 Å². The van der Waals surface area contributed by atoms with Crippen LogP contribution in [0, 0.1) is 0 Å². The third kappa shape index (κ3) is 4.07. The Morgan fingerprint density at radius 2 is 2.09 bits per heavy atom. The number of hydrogen-bond acceptors (Lipinski definition) is 5. The third-order valence-electron chi connectivity index (χ3n) is 6.28. The van der Waals surface area contributed by atoms with Gasteiger partial charge in [0.25, 0.3) is 5.92 Å². The molecule has 8 heteroatoms. The summed E-state index contributed by atoms with van der Waals surface area (Å²) in [6.07, 6.45) is 6.27. The van der Waals surface area contributed by atoms with Gasteiger partial charge in [-0.1, -0.05) is 12.1 Å². The van der Waals surface area contributed by atoms with Crippen molar-refractivity contribution in [3.05, 3.63) is 70.8 Å². The monoisotopic (exact) mass is 442 g/mol. The number of nitrogens with zero attached hydrogens (tertiary/aromatic N) is 3. The van der Waals surface area contributed by atoms with E-state index < -0.39 is 11.3 Å². The maximum absolute atomic E-state index is 13.6. The third-order valence-corrected chi connectivity index (χ3v) is 6.28. The Morgan fingerprint density at radius 3 is 2.75 bits per heavy atom. The number of aryl methyl sites for hydroxylation is 2. The van der Waals surface area contributed by atoms with Crippen LogP contribution in [0.4, 0.5) is 14.7 Å². The Morgan fingerprint density at radius 1 is 1.28 bits per heavy atom. The van der Waals surface area contributed by atoms with Crippen molar-refractivity contribution in [1.29, 1.82) is 0 Å². The van der Waals surface area contributed by atoms with Crippen LogP contribution in [-0.4, -0.2) is 33.4 Å². The standard InChI is InChI=1S/C24H28F2N4O2/c1-23(25,26)20-7-4-16(14-28-20)13-24(21-15-30(10-3-11-31)22(27)29-21)9-8-17-12-18(32-2)5-6-19(17)24/h4-7,12,14-15,31H,3,8-11,13H2,1-2H3,(H2,27,29). The van der Waals surface area contributed by atoms with E-state index in [1.807, 2.05) is 22.9 Å². The van der Waals surface area contributed by atoms with E-state index in [1.54, 1.807) is 13.2 Å². The summed E-state index contributed by atoms with van der Waals surface area (Å²) in [5.74, 6) is -1.79. The van der Waals surface area contributed by atoms with Gasteiger partial charge in [-0.2, -0.15) is 8.78 Å². The van der Waals surface area contributed by atoms with E-state index in [9.17, 15) is 13.9 Å². The fourth-order valence-corrected chi connectivity index (χ4v) is 4.61. The fraction of sp³-hybridized carbons (Fsp3) is 0.417. The first kappa shape index (κ1) is 22.2. The highest BCUT2D eigenvalue weighted by Gasteiger charge is 2.43. The molecule has 6 nitrogen and oxygen atoms in total. The lowest BCUT2D eigenvalue weighted by Crippen LogP contribution is -2.28. The molecule has 1 unspecified atom stereocenters. The number of ether oxygens (including phenoxy) is 1. The number of imidazole rings is 1. The number of benzene rings is 1. The molecule has 2 aromatic heterocycles. The summed E-state index contributed by atoms with van der Waals surface area (Å²) in [4.78, 5) is 8.71. The van der Waals surface area contributed by atoms with E-state index in [0.29, 0.717) is 25.3 Å². The van der Waals surface area contributed by atoms with Crippen LogP contribution in [0.2, 0.25) is 0 Å². The topological polar surface area (TPSA) is 86.2 Å². The number of anilines is 1. The lowest BCUT2D eigenvalue weighted by Gasteiger charge is -2.29. The zero-order valence-corrected chi connectivity index (χ0v) is 18.3. The van der Waals surface area contributed by atoms with Crippen LogP contribution >= 0.6 is 0 Å². The minimum Gasteiger partial charge on any atom is -0.497 e. The fourth-order valence-electron chi connectivity index (χ4n) is 4.61. The number of alkyl halides is 2. The average Bonchev–Trinajstić information content (AvgIpc) is 3.33. The van der Waals surface area contributed by atoms with E-state index in [-0.39, 0.29) is 12.3 Å². The molecule has 0 amide bonds. The molecule has 4 rings (SSSR count). The maximum Gasteiger partial charge on any atom is 0.286 e. The Balaban J connectivity index is 1.77. The van der Waals surface area contributed by atoms with Gasteiger partial charge in [0.2, 0.25) is 0 Å². The van der Waals surface area contributed by atoms with Crippen LogP contribution in [-0.2, 0) is 30.7 Å². The molecule has 1 aliphatic rings. The van der Waals surface area contributed by atoms with Crippen LogP contribution < -0.4 is 10.5 Å². The number of hydrogen-bond donors (Lipinski definition) is 2. The Labute approximate surface area is 186 Å². The number of methoxy groups -OCH3 is 1. The largest absolute Gasteiger partial charge is 0.497 e. The van der Waals surface area contributed by atoms with Crippen molar-refractivity contribution in [1.82, 2.24) is 14.5 Å². The van der Waals surface area contributed by atoms with Crippen molar-refractivity contribution in [3.8, 4) is 5.75 Å². The molecule has 3 N–H and O–H groups in total. The number of nitrogens with two attached hydrogens (primary N) is 1. The molecule has 0 bridgehead atoms. The second kappa shape index (κ2) is 8.50. The van der Waals surface area contributed by atoms with Crippen LogP contribution in [0.3, 0.4) is 0 Å². The normalized spacial score (nSPS) is 18.0. The molecule has 2 heterocycles. The van der Waals surface area contributed by atoms with E-state index in [4.69, 9.17) is 15.5 Å². The van der Waals surface area contributed by atoms with Crippen LogP contribution in [0.1, 0.15) is 47.8 Å². The van der Waals surface area contributed by atoms with E-state index in [2.05, 4.69) is 11.1 Å². The molecule has 0 saturated heterocycles. The van der Waals surface area contributed by atoms with E-state index in [1.165, 1.54) is 17.8 Å². The van der Waals surface area contributed by atoms with Gasteiger partial charge in [-0.05, 0) is 60.6 Å². The Bertz CT molecular complexity index is 1090. The van der Waals surface area contributed by atoms with Gasteiger partial charge in [0, 0.05) is 37.9 Å².